The summed E-state index contributed by atoms with van der Waals surface area (Å²) >= 11 is 0. The standard InChI is InChI=1S/C10H23N2OP.CH4N.K/c1-11(10-14-2)4-3-5-12-6-8-13-9-7-12;1-2;/h14H,3-10H2,1-2H3;2H,1H3;/q;-1;+1. The van der Waals surface area contributed by atoms with Gasteiger partial charge in [-0.25, -0.2) is 0 Å². The van der Waals surface area contributed by atoms with Crippen molar-refractivity contribution < 1.29 is 56.1 Å². The molecule has 0 saturated carbocycles. The number of hydrogen-bond donors (Lipinski definition) is 0. The topological polar surface area (TPSA) is 39.5 Å². The molecule has 0 radical (unpaired) electrons. The summed E-state index contributed by atoms with van der Waals surface area (Å²) in [5.74, 6) is 0. The van der Waals surface area contributed by atoms with Crippen LogP contribution in [0.1, 0.15) is 6.42 Å². The molecule has 98 valence electrons. The van der Waals surface area contributed by atoms with Crippen LogP contribution in [0.5, 0.6) is 0 Å². The first-order valence-electron chi connectivity index (χ1n) is 5.96. The Kier molecular flexibility index (Phi) is 19.9. The van der Waals surface area contributed by atoms with Crippen LogP contribution in [0.2, 0.25) is 0 Å². The van der Waals surface area contributed by atoms with E-state index in [1.807, 2.05) is 0 Å². The molecule has 0 amide bonds. The Labute approximate surface area is 151 Å². The zero-order chi connectivity index (χ0) is 12.2. The Morgan fingerprint density at radius 3 is 2.41 bits per heavy atom. The maximum atomic E-state index is 5.75. The minimum Gasteiger partial charge on any atom is -0.680 e. The molecule has 1 N–H and O–H groups in total. The first kappa shape index (κ1) is 21.2. The van der Waals surface area contributed by atoms with Crippen LogP contribution in [0.25, 0.3) is 5.73 Å². The largest absolute Gasteiger partial charge is 1.00 e. The van der Waals surface area contributed by atoms with Gasteiger partial charge in [0, 0.05) is 19.4 Å². The van der Waals surface area contributed by atoms with E-state index in [1.165, 1.54) is 32.8 Å². The second-order valence-corrected chi connectivity index (χ2v) is 4.92. The molecule has 1 rings (SSSR count). The summed E-state index contributed by atoms with van der Waals surface area (Å²) in [6, 6.07) is 0. The van der Waals surface area contributed by atoms with Crippen molar-refractivity contribution in [3.63, 3.8) is 0 Å². The maximum absolute atomic E-state index is 5.75. The zero-order valence-corrected chi connectivity index (χ0v) is 16.1. The van der Waals surface area contributed by atoms with E-state index >= 15 is 0 Å². The van der Waals surface area contributed by atoms with Crippen molar-refractivity contribution >= 4 is 8.58 Å². The van der Waals surface area contributed by atoms with Gasteiger partial charge in [0.25, 0.3) is 0 Å². The average Bonchev–Trinajstić information content (AvgIpc) is 2.33. The van der Waals surface area contributed by atoms with Gasteiger partial charge in [0.1, 0.15) is 0 Å². The summed E-state index contributed by atoms with van der Waals surface area (Å²) in [5, 5.41) is 0. The fraction of sp³-hybridized carbons (Fsp3) is 1.00. The molecule has 0 aromatic carbocycles. The zero-order valence-electron chi connectivity index (χ0n) is 12.0. The fourth-order valence-corrected chi connectivity index (χ4v) is 2.44. The van der Waals surface area contributed by atoms with Crippen molar-refractivity contribution in [3.8, 4) is 0 Å². The van der Waals surface area contributed by atoms with Crippen LogP contribution in [0.4, 0.5) is 0 Å². The van der Waals surface area contributed by atoms with Gasteiger partial charge in [0.05, 0.1) is 13.2 Å². The van der Waals surface area contributed by atoms with E-state index in [1.54, 1.807) is 0 Å². The molecule has 1 aliphatic rings. The van der Waals surface area contributed by atoms with Crippen molar-refractivity contribution in [2.45, 2.75) is 6.42 Å². The van der Waals surface area contributed by atoms with Crippen LogP contribution >= 0.6 is 8.58 Å². The SMILES string of the molecule is CPCN(C)CCCN1CCOCC1.C[NH-].[K+]. The van der Waals surface area contributed by atoms with Gasteiger partial charge < -0.3 is 15.4 Å². The summed E-state index contributed by atoms with van der Waals surface area (Å²) < 4.78 is 5.31. The van der Waals surface area contributed by atoms with Crippen LogP contribution in [0.3, 0.4) is 0 Å². The molecule has 1 atom stereocenters. The van der Waals surface area contributed by atoms with Crippen LogP contribution < -0.4 is 51.4 Å². The Hall–Kier alpha value is 1.91. The predicted octanol–water partition coefficient (Wildman–Crippen LogP) is -1.42. The van der Waals surface area contributed by atoms with E-state index in [0.29, 0.717) is 0 Å². The number of morpholine rings is 1. The number of ether oxygens (including phenoxy) is 1. The molecule has 17 heavy (non-hydrogen) atoms. The van der Waals surface area contributed by atoms with Crippen molar-refractivity contribution in [3.05, 3.63) is 5.73 Å². The normalized spacial score (nSPS) is 16.8. The average molecular weight is 287 g/mol. The minimum absolute atomic E-state index is 0. The van der Waals surface area contributed by atoms with E-state index in [0.717, 1.165) is 34.9 Å². The van der Waals surface area contributed by atoms with Crippen molar-refractivity contribution in [2.75, 3.05) is 66.4 Å². The van der Waals surface area contributed by atoms with Gasteiger partial charge in [-0.05, 0) is 33.2 Å². The van der Waals surface area contributed by atoms with Gasteiger partial charge in [-0.15, -0.1) is 8.58 Å². The quantitative estimate of drug-likeness (QED) is 0.445. The molecule has 0 spiro atoms. The second kappa shape index (κ2) is 16.0. The number of rotatable bonds is 6. The molecule has 1 saturated heterocycles. The molecule has 0 aliphatic carbocycles. The van der Waals surface area contributed by atoms with Crippen molar-refractivity contribution in [2.24, 2.45) is 0 Å². The third-order valence-corrected chi connectivity index (χ3v) is 3.40. The third-order valence-electron chi connectivity index (χ3n) is 2.55. The molecule has 0 bridgehead atoms. The van der Waals surface area contributed by atoms with Gasteiger partial charge >= 0.3 is 51.4 Å². The van der Waals surface area contributed by atoms with E-state index in [4.69, 9.17) is 10.5 Å². The van der Waals surface area contributed by atoms with Crippen LogP contribution in [-0.2, 0) is 4.74 Å². The third kappa shape index (κ3) is 12.7. The van der Waals surface area contributed by atoms with Gasteiger partial charge in [-0.3, -0.25) is 4.90 Å². The molecule has 1 heterocycles. The maximum Gasteiger partial charge on any atom is 1.00 e. The summed E-state index contributed by atoms with van der Waals surface area (Å²) in [6.45, 7) is 8.83. The Morgan fingerprint density at radius 2 is 1.88 bits per heavy atom. The van der Waals surface area contributed by atoms with E-state index in [2.05, 4.69) is 23.5 Å². The van der Waals surface area contributed by atoms with Gasteiger partial charge in [-0.1, -0.05) is 0 Å². The number of nitrogens with one attached hydrogen (secondary N) is 1. The first-order chi connectivity index (χ1) is 7.83. The first-order valence-corrected chi connectivity index (χ1v) is 7.67. The van der Waals surface area contributed by atoms with Gasteiger partial charge in [0.15, 0.2) is 0 Å². The fourth-order valence-electron chi connectivity index (χ4n) is 1.74. The predicted molar refractivity (Wildman–Crippen MR) is 73.9 cm³/mol. The van der Waals surface area contributed by atoms with Crippen LogP contribution in [0.15, 0.2) is 0 Å². The van der Waals surface area contributed by atoms with E-state index in [-0.39, 0.29) is 51.4 Å². The van der Waals surface area contributed by atoms with Crippen LogP contribution in [0, 0.1) is 0 Å². The summed E-state index contributed by atoms with van der Waals surface area (Å²) in [4.78, 5) is 4.93. The van der Waals surface area contributed by atoms with E-state index < -0.39 is 0 Å². The molecular formula is C11H27KN3OP. The Bertz CT molecular complexity index is 149. The van der Waals surface area contributed by atoms with Gasteiger partial charge in [0.2, 0.25) is 0 Å². The molecule has 0 aromatic rings. The number of hydrogen-bond acceptors (Lipinski definition) is 3. The second-order valence-electron chi connectivity index (χ2n) is 3.90. The molecular weight excluding hydrogens is 260 g/mol. The Morgan fingerprint density at radius 1 is 1.29 bits per heavy atom. The van der Waals surface area contributed by atoms with Gasteiger partial charge in [-0.2, -0.15) is 7.05 Å². The molecule has 1 unspecified atom stereocenters. The molecule has 1 fully saturated rings. The monoisotopic (exact) mass is 287 g/mol. The van der Waals surface area contributed by atoms with Crippen molar-refractivity contribution in [1.29, 1.82) is 0 Å². The minimum atomic E-state index is 0. The van der Waals surface area contributed by atoms with Crippen LogP contribution in [-0.4, -0.2) is 76.2 Å². The summed E-state index contributed by atoms with van der Waals surface area (Å²) in [7, 11) is 4.52. The summed E-state index contributed by atoms with van der Waals surface area (Å²) in [5.41, 5.74) is 5.75. The summed E-state index contributed by atoms with van der Waals surface area (Å²) in [6.07, 6.45) is 2.55. The molecule has 6 heteroatoms. The Balaban J connectivity index is 0. The molecule has 0 aromatic heterocycles. The smallest absolute Gasteiger partial charge is 0.680 e. The van der Waals surface area contributed by atoms with E-state index in [9.17, 15) is 0 Å². The number of nitrogens with zero attached hydrogens (tertiary/aromatic N) is 2. The van der Waals surface area contributed by atoms with Crippen molar-refractivity contribution in [1.82, 2.24) is 9.80 Å². The molecule has 4 nitrogen and oxygen atoms in total. The molecule has 1 aliphatic heterocycles.